The zero-order valence-corrected chi connectivity index (χ0v) is 10.6. The average molecular weight is 240 g/mol. The van der Waals surface area contributed by atoms with Crippen LogP contribution in [-0.2, 0) is 0 Å². The third-order valence-electron chi connectivity index (χ3n) is 3.72. The largest absolute Gasteiger partial charge is 0.294 e. The summed E-state index contributed by atoms with van der Waals surface area (Å²) in [4.78, 5) is 12.2. The number of rotatable bonds is 3. The summed E-state index contributed by atoms with van der Waals surface area (Å²) in [6, 6.07) is 9.83. The molecule has 3 heteroatoms. The second kappa shape index (κ2) is 3.80. The number of Topliss-reactive ketones (excluding diaryl/α,β-unsaturated/α-hetero) is 1. The van der Waals surface area contributed by atoms with E-state index in [-0.39, 0.29) is 17.1 Å². The van der Waals surface area contributed by atoms with Crippen LogP contribution in [0.1, 0.15) is 30.6 Å². The molecule has 1 saturated carbocycles. The maximum absolute atomic E-state index is 12.2. The highest BCUT2D eigenvalue weighted by atomic mass is 16.1. The van der Waals surface area contributed by atoms with Crippen LogP contribution in [0.3, 0.4) is 0 Å². The summed E-state index contributed by atoms with van der Waals surface area (Å²) < 4.78 is 1.75. The van der Waals surface area contributed by atoms with E-state index in [1.807, 2.05) is 36.5 Å². The maximum atomic E-state index is 12.2. The summed E-state index contributed by atoms with van der Waals surface area (Å²) >= 11 is 0. The highest BCUT2D eigenvalue weighted by Crippen LogP contribution is 2.53. The highest BCUT2D eigenvalue weighted by Gasteiger charge is 2.50. The van der Waals surface area contributed by atoms with E-state index in [9.17, 15) is 4.79 Å². The molecule has 1 unspecified atom stereocenters. The van der Waals surface area contributed by atoms with Gasteiger partial charge in [-0.15, -0.1) is 0 Å². The van der Waals surface area contributed by atoms with Crippen molar-refractivity contribution in [3.63, 3.8) is 0 Å². The van der Waals surface area contributed by atoms with Crippen LogP contribution in [0, 0.1) is 11.3 Å². The number of carbonyl (C=O) groups excluding carboxylic acids is 1. The third kappa shape index (κ3) is 1.86. The Kier molecular flexibility index (Phi) is 2.37. The van der Waals surface area contributed by atoms with Crippen LogP contribution in [-0.4, -0.2) is 15.6 Å². The highest BCUT2D eigenvalue weighted by molar-refractivity contribution is 5.99. The van der Waals surface area contributed by atoms with Crippen LogP contribution >= 0.6 is 0 Å². The summed E-state index contributed by atoms with van der Waals surface area (Å²) in [7, 11) is 0. The molecule has 1 heterocycles. The fraction of sp³-hybridized carbons (Fsp3) is 0.333. The van der Waals surface area contributed by atoms with Gasteiger partial charge < -0.3 is 0 Å². The molecule has 1 aromatic carbocycles. The molecule has 2 aromatic rings. The molecule has 0 amide bonds. The standard InChI is InChI=1S/C15H16N2O/c1-15(2)8-13(15)14(18)11-9-16-17(10-11)12-6-4-3-5-7-12/h3-7,9-10,13H,8H2,1-2H3. The van der Waals surface area contributed by atoms with Gasteiger partial charge in [-0.05, 0) is 24.0 Å². The number of para-hydroxylation sites is 1. The quantitative estimate of drug-likeness (QED) is 0.773. The van der Waals surface area contributed by atoms with Gasteiger partial charge in [0.05, 0.1) is 17.4 Å². The zero-order valence-electron chi connectivity index (χ0n) is 10.6. The lowest BCUT2D eigenvalue weighted by molar-refractivity contribution is 0.0953. The molecule has 1 aliphatic rings. The molecule has 1 fully saturated rings. The average Bonchev–Trinajstić information content (AvgIpc) is 2.81. The second-order valence-electron chi connectivity index (χ2n) is 5.62. The zero-order chi connectivity index (χ0) is 12.8. The molecular weight excluding hydrogens is 224 g/mol. The number of benzene rings is 1. The normalized spacial score (nSPS) is 20.7. The smallest absolute Gasteiger partial charge is 0.169 e. The van der Waals surface area contributed by atoms with E-state index in [0.29, 0.717) is 0 Å². The first-order chi connectivity index (χ1) is 8.58. The first-order valence-corrected chi connectivity index (χ1v) is 6.22. The van der Waals surface area contributed by atoms with Gasteiger partial charge in [-0.25, -0.2) is 4.68 Å². The van der Waals surface area contributed by atoms with E-state index in [0.717, 1.165) is 17.7 Å². The van der Waals surface area contributed by atoms with Crippen molar-refractivity contribution in [2.75, 3.05) is 0 Å². The number of nitrogens with zero attached hydrogens (tertiary/aromatic N) is 2. The topological polar surface area (TPSA) is 34.9 Å². The first-order valence-electron chi connectivity index (χ1n) is 6.22. The number of hydrogen-bond acceptors (Lipinski definition) is 2. The lowest BCUT2D eigenvalue weighted by Gasteiger charge is -2.00. The van der Waals surface area contributed by atoms with Gasteiger partial charge in [0.2, 0.25) is 0 Å². The predicted octanol–water partition coefficient (Wildman–Crippen LogP) is 3.10. The summed E-state index contributed by atoms with van der Waals surface area (Å²) in [5.74, 6) is 0.396. The van der Waals surface area contributed by atoms with Crippen molar-refractivity contribution in [1.29, 1.82) is 0 Å². The van der Waals surface area contributed by atoms with E-state index >= 15 is 0 Å². The summed E-state index contributed by atoms with van der Waals surface area (Å²) in [6.45, 7) is 4.27. The van der Waals surface area contributed by atoms with Gasteiger partial charge >= 0.3 is 0 Å². The van der Waals surface area contributed by atoms with Crippen LogP contribution in [0.25, 0.3) is 5.69 Å². The molecule has 3 nitrogen and oxygen atoms in total. The molecule has 0 aliphatic heterocycles. The predicted molar refractivity (Wildman–Crippen MR) is 69.8 cm³/mol. The van der Waals surface area contributed by atoms with Gasteiger partial charge in [0, 0.05) is 12.1 Å². The number of carbonyl (C=O) groups is 1. The Bertz CT molecular complexity index is 584. The van der Waals surface area contributed by atoms with Crippen molar-refractivity contribution < 1.29 is 4.79 Å². The summed E-state index contributed by atoms with van der Waals surface area (Å²) in [6.07, 6.45) is 4.48. The maximum Gasteiger partial charge on any atom is 0.169 e. The van der Waals surface area contributed by atoms with Crippen molar-refractivity contribution in [2.45, 2.75) is 20.3 Å². The minimum absolute atomic E-state index is 0.172. The monoisotopic (exact) mass is 240 g/mol. The van der Waals surface area contributed by atoms with Crippen LogP contribution in [0.2, 0.25) is 0 Å². The van der Waals surface area contributed by atoms with Crippen LogP contribution < -0.4 is 0 Å². The SMILES string of the molecule is CC1(C)CC1C(=O)c1cnn(-c2ccccc2)c1. The van der Waals surface area contributed by atoms with Crippen molar-refractivity contribution in [2.24, 2.45) is 11.3 Å². The van der Waals surface area contributed by atoms with Crippen molar-refractivity contribution in [1.82, 2.24) is 9.78 Å². The molecular formula is C15H16N2O. The van der Waals surface area contributed by atoms with E-state index in [1.54, 1.807) is 10.9 Å². The van der Waals surface area contributed by atoms with Crippen molar-refractivity contribution >= 4 is 5.78 Å². The molecule has 0 radical (unpaired) electrons. The van der Waals surface area contributed by atoms with Gasteiger partial charge in [-0.1, -0.05) is 32.0 Å². The number of aromatic nitrogens is 2. The van der Waals surface area contributed by atoms with Gasteiger partial charge in [0.25, 0.3) is 0 Å². The molecule has 0 bridgehead atoms. The molecule has 0 N–H and O–H groups in total. The van der Waals surface area contributed by atoms with Gasteiger partial charge in [-0.2, -0.15) is 5.10 Å². The van der Waals surface area contributed by atoms with E-state index in [4.69, 9.17) is 0 Å². The van der Waals surface area contributed by atoms with Gasteiger partial charge in [0.1, 0.15) is 0 Å². The molecule has 1 aromatic heterocycles. The Morgan fingerprint density at radius 1 is 1.33 bits per heavy atom. The Hall–Kier alpha value is -1.90. The Balaban J connectivity index is 1.85. The van der Waals surface area contributed by atoms with Crippen LogP contribution in [0.5, 0.6) is 0 Å². The molecule has 0 spiro atoms. The lowest BCUT2D eigenvalue weighted by atomic mass is 10.0. The summed E-state index contributed by atoms with van der Waals surface area (Å²) in [5, 5.41) is 4.26. The van der Waals surface area contributed by atoms with Gasteiger partial charge in [0.15, 0.2) is 5.78 Å². The Labute approximate surface area is 106 Å². The number of ketones is 1. The lowest BCUT2D eigenvalue weighted by Crippen LogP contribution is -2.05. The van der Waals surface area contributed by atoms with Crippen molar-refractivity contribution in [3.8, 4) is 5.69 Å². The Morgan fingerprint density at radius 2 is 2.00 bits per heavy atom. The first kappa shape index (κ1) is 11.2. The Morgan fingerprint density at radius 3 is 2.61 bits per heavy atom. The second-order valence-corrected chi connectivity index (χ2v) is 5.62. The number of hydrogen-bond donors (Lipinski definition) is 0. The minimum Gasteiger partial charge on any atom is -0.294 e. The fourth-order valence-electron chi connectivity index (χ4n) is 2.29. The van der Waals surface area contributed by atoms with Gasteiger partial charge in [-0.3, -0.25) is 4.79 Å². The summed E-state index contributed by atoms with van der Waals surface area (Å²) in [5.41, 5.74) is 1.87. The third-order valence-corrected chi connectivity index (χ3v) is 3.72. The van der Waals surface area contributed by atoms with E-state index in [2.05, 4.69) is 18.9 Å². The molecule has 18 heavy (non-hydrogen) atoms. The molecule has 0 saturated heterocycles. The van der Waals surface area contributed by atoms with Crippen LogP contribution in [0.15, 0.2) is 42.7 Å². The fourth-order valence-corrected chi connectivity index (χ4v) is 2.29. The van der Waals surface area contributed by atoms with Crippen molar-refractivity contribution in [3.05, 3.63) is 48.3 Å². The molecule has 3 rings (SSSR count). The van der Waals surface area contributed by atoms with E-state index in [1.165, 1.54) is 0 Å². The molecule has 1 atom stereocenters. The molecule has 1 aliphatic carbocycles. The molecule has 92 valence electrons. The van der Waals surface area contributed by atoms with Crippen LogP contribution in [0.4, 0.5) is 0 Å². The minimum atomic E-state index is 0.172. The van der Waals surface area contributed by atoms with E-state index < -0.39 is 0 Å².